The molecule has 1 aliphatic carbocycles. The van der Waals surface area contributed by atoms with E-state index < -0.39 is 11.7 Å². The fourth-order valence-electron chi connectivity index (χ4n) is 3.75. The van der Waals surface area contributed by atoms with Crippen molar-refractivity contribution < 1.29 is 18.0 Å². The number of allylic oxidation sites excluding steroid dienone is 5. The topological polar surface area (TPSA) is 32.3 Å². The molecule has 158 valence electrons. The van der Waals surface area contributed by atoms with Gasteiger partial charge in [-0.05, 0) is 80.8 Å². The molecule has 1 fully saturated rings. The summed E-state index contributed by atoms with van der Waals surface area (Å²) < 4.78 is 39.7. The third-order valence-electron chi connectivity index (χ3n) is 5.36. The molecule has 1 amide bonds. The summed E-state index contributed by atoms with van der Waals surface area (Å²) in [5.41, 5.74) is 7.60. The van der Waals surface area contributed by atoms with E-state index in [4.69, 9.17) is 0 Å². The van der Waals surface area contributed by atoms with Gasteiger partial charge in [0.15, 0.2) is 0 Å². The van der Waals surface area contributed by atoms with Crippen LogP contribution in [0.1, 0.15) is 42.6 Å². The summed E-state index contributed by atoms with van der Waals surface area (Å²) in [5.74, 6) is -0.0513. The zero-order valence-electron chi connectivity index (χ0n) is 17.2. The Balaban J connectivity index is 2.02. The van der Waals surface area contributed by atoms with Crippen molar-refractivity contribution in [2.45, 2.75) is 32.9 Å². The van der Waals surface area contributed by atoms with E-state index in [9.17, 15) is 18.0 Å². The van der Waals surface area contributed by atoms with Gasteiger partial charge in [-0.1, -0.05) is 29.2 Å². The van der Waals surface area contributed by atoms with Gasteiger partial charge < -0.3 is 10.2 Å². The lowest BCUT2D eigenvalue weighted by Crippen LogP contribution is -2.30. The van der Waals surface area contributed by atoms with Crippen LogP contribution in [-0.4, -0.2) is 43.2 Å². The van der Waals surface area contributed by atoms with Crippen LogP contribution in [0.4, 0.5) is 13.2 Å². The molecule has 0 unspecified atom stereocenters. The van der Waals surface area contributed by atoms with E-state index in [1.807, 2.05) is 26.0 Å². The Kier molecular flexibility index (Phi) is 6.84. The highest BCUT2D eigenvalue weighted by atomic mass is 19.4. The van der Waals surface area contributed by atoms with Crippen LogP contribution in [0.2, 0.25) is 0 Å². The Morgan fingerprint density at radius 1 is 1.07 bits per heavy atom. The lowest BCUT2D eigenvalue weighted by Gasteiger charge is -2.23. The fourth-order valence-corrected chi connectivity index (χ4v) is 3.75. The summed E-state index contributed by atoms with van der Waals surface area (Å²) in [4.78, 5) is 14.3. The average Bonchev–Trinajstić information content (AvgIpc) is 2.76. The Labute approximate surface area is 175 Å². The first-order chi connectivity index (χ1) is 14.3. The highest BCUT2D eigenvalue weighted by Crippen LogP contribution is 2.36. The van der Waals surface area contributed by atoms with E-state index in [1.165, 1.54) is 0 Å². The van der Waals surface area contributed by atoms with E-state index in [1.54, 1.807) is 23.1 Å². The molecule has 1 aromatic rings. The number of amides is 1. The van der Waals surface area contributed by atoms with Crippen LogP contribution in [0.3, 0.4) is 0 Å². The minimum Gasteiger partial charge on any atom is -0.339 e. The van der Waals surface area contributed by atoms with E-state index in [-0.39, 0.29) is 5.91 Å². The lowest BCUT2D eigenvalue weighted by molar-refractivity contribution is -0.0880. The second-order valence-corrected chi connectivity index (χ2v) is 7.21. The molecule has 1 saturated heterocycles. The molecule has 1 aromatic carbocycles. The van der Waals surface area contributed by atoms with Crippen LogP contribution in [0.5, 0.6) is 0 Å². The SMILES string of the molecule is CCN(CC)C(=O)c1ccc(C(C2=CC(C(F)(F)F)=C=C=C2)=C2CCNCC2)cc1. The van der Waals surface area contributed by atoms with Crippen LogP contribution >= 0.6 is 0 Å². The third kappa shape index (κ3) is 4.85. The number of nitrogens with zero attached hydrogens (tertiary/aromatic N) is 1. The molecule has 1 N–H and O–H groups in total. The van der Waals surface area contributed by atoms with Gasteiger partial charge in [0.1, 0.15) is 5.57 Å². The summed E-state index contributed by atoms with van der Waals surface area (Å²) in [6, 6.07) is 7.15. The number of hydrogen-bond acceptors (Lipinski definition) is 2. The van der Waals surface area contributed by atoms with Gasteiger partial charge in [0.25, 0.3) is 5.91 Å². The summed E-state index contributed by atoms with van der Waals surface area (Å²) in [6.45, 7) is 6.66. The van der Waals surface area contributed by atoms with E-state index >= 15 is 0 Å². The van der Waals surface area contributed by atoms with E-state index in [0.717, 1.165) is 48.7 Å². The minimum absolute atomic E-state index is 0.0513. The van der Waals surface area contributed by atoms with Gasteiger partial charge in [0.05, 0.1) is 0 Å². The van der Waals surface area contributed by atoms with E-state index in [2.05, 4.69) is 16.8 Å². The van der Waals surface area contributed by atoms with Gasteiger partial charge in [-0.15, -0.1) is 0 Å². The molecular formula is C24H25F3N2O. The van der Waals surface area contributed by atoms with Crippen molar-refractivity contribution in [3.63, 3.8) is 0 Å². The van der Waals surface area contributed by atoms with Gasteiger partial charge >= 0.3 is 6.18 Å². The second-order valence-electron chi connectivity index (χ2n) is 7.21. The quantitative estimate of drug-likeness (QED) is 0.685. The van der Waals surface area contributed by atoms with Crippen LogP contribution in [0, 0.1) is 0 Å². The van der Waals surface area contributed by atoms with Crippen molar-refractivity contribution in [2.24, 2.45) is 0 Å². The van der Waals surface area contributed by atoms with Crippen LogP contribution in [0.25, 0.3) is 5.57 Å². The van der Waals surface area contributed by atoms with Crippen molar-refractivity contribution in [2.75, 3.05) is 26.2 Å². The second kappa shape index (κ2) is 9.36. The maximum atomic E-state index is 13.2. The molecule has 0 spiro atoms. The average molecular weight is 414 g/mol. The predicted octanol–water partition coefficient (Wildman–Crippen LogP) is 5.04. The first-order valence-corrected chi connectivity index (χ1v) is 10.2. The molecular weight excluding hydrogens is 389 g/mol. The Morgan fingerprint density at radius 3 is 2.23 bits per heavy atom. The number of piperidine rings is 1. The molecule has 0 saturated carbocycles. The molecule has 3 nitrogen and oxygen atoms in total. The molecule has 6 heteroatoms. The summed E-state index contributed by atoms with van der Waals surface area (Å²) in [5, 5.41) is 3.28. The van der Waals surface area contributed by atoms with E-state index in [0.29, 0.717) is 24.2 Å². The maximum absolute atomic E-state index is 13.2. The first kappa shape index (κ1) is 21.9. The number of nitrogens with one attached hydrogen (secondary N) is 1. The van der Waals surface area contributed by atoms with Crippen LogP contribution < -0.4 is 5.32 Å². The van der Waals surface area contributed by atoms with Crippen molar-refractivity contribution in [3.8, 4) is 0 Å². The Hall–Kier alpha value is -2.78. The normalized spacial score (nSPS) is 16.2. The largest absolute Gasteiger partial charge is 0.424 e. The molecule has 0 aromatic heterocycles. The van der Waals surface area contributed by atoms with Crippen molar-refractivity contribution in [3.05, 3.63) is 75.7 Å². The predicted molar refractivity (Wildman–Crippen MR) is 112 cm³/mol. The molecule has 3 rings (SSSR count). The molecule has 1 aliphatic heterocycles. The molecule has 0 atom stereocenters. The van der Waals surface area contributed by atoms with Crippen LogP contribution in [0.15, 0.2) is 64.6 Å². The van der Waals surface area contributed by atoms with Crippen molar-refractivity contribution in [1.82, 2.24) is 10.2 Å². The monoisotopic (exact) mass is 414 g/mol. The number of benzene rings is 1. The van der Waals surface area contributed by atoms with Crippen molar-refractivity contribution in [1.29, 1.82) is 0 Å². The zero-order valence-corrected chi connectivity index (χ0v) is 17.2. The zero-order chi connectivity index (χ0) is 21.7. The number of alkyl halides is 3. The standard InChI is InChI=1S/C24H25F3N2O/c1-3-29(4-2)23(30)19-10-8-17(9-11-19)22(18-12-14-28-15-13-18)20-6-5-7-21(16-20)24(25,26)27/h6,8-11,16,28H,3-4,12-15H2,1-2H3. The third-order valence-corrected chi connectivity index (χ3v) is 5.36. The smallest absolute Gasteiger partial charge is 0.339 e. The van der Waals surface area contributed by atoms with Gasteiger partial charge in [0.2, 0.25) is 0 Å². The van der Waals surface area contributed by atoms with Gasteiger partial charge in [0, 0.05) is 18.7 Å². The summed E-state index contributed by atoms with van der Waals surface area (Å²) in [6.07, 6.45) is -0.272. The minimum atomic E-state index is -4.48. The molecule has 0 bridgehead atoms. The number of carbonyl (C=O) groups is 1. The van der Waals surface area contributed by atoms with Crippen LogP contribution in [-0.2, 0) is 0 Å². The first-order valence-electron chi connectivity index (χ1n) is 10.2. The number of carbonyl (C=O) groups excluding carboxylic acids is 1. The van der Waals surface area contributed by atoms with Gasteiger partial charge in [-0.2, -0.15) is 13.2 Å². The Morgan fingerprint density at radius 2 is 1.67 bits per heavy atom. The number of hydrogen-bond donors (Lipinski definition) is 1. The summed E-state index contributed by atoms with van der Waals surface area (Å²) in [7, 11) is 0. The number of halogens is 3. The van der Waals surface area contributed by atoms with Gasteiger partial charge in [-0.3, -0.25) is 4.79 Å². The molecule has 0 radical (unpaired) electrons. The molecule has 1 heterocycles. The summed E-state index contributed by atoms with van der Waals surface area (Å²) >= 11 is 0. The highest BCUT2D eigenvalue weighted by Gasteiger charge is 2.33. The number of rotatable bonds is 5. The molecule has 2 aliphatic rings. The van der Waals surface area contributed by atoms with Gasteiger partial charge in [-0.25, -0.2) is 0 Å². The fraction of sp³-hybridized carbons (Fsp3) is 0.375. The molecule has 30 heavy (non-hydrogen) atoms. The lowest BCUT2D eigenvalue weighted by atomic mass is 9.86. The van der Waals surface area contributed by atoms with Crippen molar-refractivity contribution >= 4 is 11.5 Å². The Bertz CT molecular complexity index is 959. The maximum Gasteiger partial charge on any atom is 0.424 e. The highest BCUT2D eigenvalue weighted by molar-refractivity contribution is 5.95.